The summed E-state index contributed by atoms with van der Waals surface area (Å²) in [6.45, 7) is -0.169. The van der Waals surface area contributed by atoms with E-state index >= 15 is 0 Å². The Labute approximate surface area is 104 Å². The van der Waals surface area contributed by atoms with Crippen LogP contribution >= 0.6 is 12.6 Å². The van der Waals surface area contributed by atoms with Crippen LogP contribution in [0.2, 0.25) is 0 Å². The Morgan fingerprint density at radius 2 is 1.94 bits per heavy atom. The molecule has 0 bridgehead atoms. The number of ketones is 1. The van der Waals surface area contributed by atoms with E-state index < -0.39 is 24.0 Å². The van der Waals surface area contributed by atoms with Gasteiger partial charge in [0.15, 0.2) is 5.78 Å². The fourth-order valence-electron chi connectivity index (χ4n) is 1.04. The topological polar surface area (TPSA) is 136 Å². The number of thiol groups is 1. The first-order valence-corrected chi connectivity index (χ1v) is 5.65. The third kappa shape index (κ3) is 6.93. The maximum absolute atomic E-state index is 11.4. The fourth-order valence-corrected chi connectivity index (χ4v) is 1.33. The van der Waals surface area contributed by atoms with Crippen LogP contribution < -0.4 is 16.8 Å². The lowest BCUT2D eigenvalue weighted by atomic mass is 10.1. The van der Waals surface area contributed by atoms with Gasteiger partial charge in [0.05, 0.1) is 12.6 Å². The summed E-state index contributed by atoms with van der Waals surface area (Å²) in [6.07, 6.45) is 0.191. The second kappa shape index (κ2) is 8.04. The average Bonchev–Trinajstić information content (AvgIpc) is 2.25. The summed E-state index contributed by atoms with van der Waals surface area (Å²) < 4.78 is 0. The smallest absolute Gasteiger partial charge is 0.321 e. The molecule has 0 saturated carbocycles. The van der Waals surface area contributed by atoms with Gasteiger partial charge in [0, 0.05) is 12.2 Å². The van der Waals surface area contributed by atoms with Crippen molar-refractivity contribution in [2.75, 3.05) is 12.3 Å². The molecule has 0 aliphatic carbocycles. The van der Waals surface area contributed by atoms with Crippen LogP contribution in [0.15, 0.2) is 0 Å². The third-order valence-corrected chi connectivity index (χ3v) is 2.48. The van der Waals surface area contributed by atoms with E-state index in [-0.39, 0.29) is 30.9 Å². The first-order valence-electron chi connectivity index (χ1n) is 5.02. The summed E-state index contributed by atoms with van der Waals surface area (Å²) >= 11 is 3.83. The Morgan fingerprint density at radius 3 is 2.35 bits per heavy atom. The standard InChI is InChI=1S/C9H17N3O4S/c10-5(1-2-8(11)14)7(13)3-12-6(4-17)9(15)16/h5-6,12,17H,1-4,10H2,(H2,11,14)(H,15,16)/t5-,6-/m0/s1. The molecule has 17 heavy (non-hydrogen) atoms. The zero-order chi connectivity index (χ0) is 13.4. The number of hydrogen-bond donors (Lipinski definition) is 5. The molecule has 0 aliphatic rings. The molecule has 2 atom stereocenters. The number of carbonyl (C=O) groups is 3. The maximum Gasteiger partial charge on any atom is 0.321 e. The number of carboxylic acid groups (broad SMARTS) is 1. The van der Waals surface area contributed by atoms with Crippen molar-refractivity contribution in [1.29, 1.82) is 0 Å². The summed E-state index contributed by atoms with van der Waals surface area (Å²) in [7, 11) is 0. The minimum atomic E-state index is -1.08. The van der Waals surface area contributed by atoms with Crippen molar-refractivity contribution in [3.63, 3.8) is 0 Å². The van der Waals surface area contributed by atoms with Crippen LogP contribution in [0.3, 0.4) is 0 Å². The van der Waals surface area contributed by atoms with E-state index in [0.29, 0.717) is 0 Å². The highest BCUT2D eigenvalue weighted by molar-refractivity contribution is 7.80. The van der Waals surface area contributed by atoms with Gasteiger partial charge < -0.3 is 16.6 Å². The predicted molar refractivity (Wildman–Crippen MR) is 64.7 cm³/mol. The molecule has 98 valence electrons. The molecule has 8 heteroatoms. The van der Waals surface area contributed by atoms with Crippen LogP contribution in [-0.2, 0) is 14.4 Å². The van der Waals surface area contributed by atoms with Gasteiger partial charge in [0.25, 0.3) is 0 Å². The molecule has 0 heterocycles. The van der Waals surface area contributed by atoms with Gasteiger partial charge in [-0.15, -0.1) is 0 Å². The molecule has 1 amide bonds. The zero-order valence-corrected chi connectivity index (χ0v) is 10.2. The van der Waals surface area contributed by atoms with Crippen LogP contribution in [0.25, 0.3) is 0 Å². The predicted octanol–water partition coefficient (Wildman–Crippen LogP) is -1.88. The van der Waals surface area contributed by atoms with Crippen LogP contribution in [0.1, 0.15) is 12.8 Å². The van der Waals surface area contributed by atoms with Gasteiger partial charge in [-0.05, 0) is 6.42 Å². The Balaban J connectivity index is 3.99. The molecule has 0 unspecified atom stereocenters. The molecule has 0 radical (unpaired) electrons. The Bertz CT molecular complexity index is 298. The van der Waals surface area contributed by atoms with E-state index in [0.717, 1.165) is 0 Å². The zero-order valence-electron chi connectivity index (χ0n) is 9.26. The Hall–Kier alpha value is -1.12. The summed E-state index contributed by atoms with van der Waals surface area (Å²) in [4.78, 5) is 32.5. The van der Waals surface area contributed by atoms with Crippen LogP contribution in [0.5, 0.6) is 0 Å². The largest absolute Gasteiger partial charge is 0.480 e. The molecule has 0 aromatic carbocycles. The highest BCUT2D eigenvalue weighted by atomic mass is 32.1. The minimum Gasteiger partial charge on any atom is -0.480 e. The van der Waals surface area contributed by atoms with E-state index in [2.05, 4.69) is 17.9 Å². The van der Waals surface area contributed by atoms with E-state index in [1.165, 1.54) is 0 Å². The number of primary amides is 1. The molecule has 6 N–H and O–H groups in total. The number of nitrogens with one attached hydrogen (secondary N) is 1. The van der Waals surface area contributed by atoms with Gasteiger partial charge in [-0.1, -0.05) is 0 Å². The number of rotatable bonds is 9. The lowest BCUT2D eigenvalue weighted by Crippen LogP contribution is -2.45. The van der Waals surface area contributed by atoms with E-state index in [1.54, 1.807) is 0 Å². The van der Waals surface area contributed by atoms with Crippen molar-refractivity contribution in [2.24, 2.45) is 11.5 Å². The number of carboxylic acids is 1. The SMILES string of the molecule is NC(=O)CC[C@H](N)C(=O)CN[C@@H](CS)C(=O)O. The number of nitrogens with two attached hydrogens (primary N) is 2. The van der Waals surface area contributed by atoms with Gasteiger partial charge in [-0.2, -0.15) is 12.6 Å². The van der Waals surface area contributed by atoms with Gasteiger partial charge >= 0.3 is 5.97 Å². The molecule has 0 saturated heterocycles. The third-order valence-electron chi connectivity index (χ3n) is 2.12. The summed E-state index contributed by atoms with van der Waals surface area (Å²) in [6, 6.07) is -1.71. The highest BCUT2D eigenvalue weighted by Gasteiger charge is 2.19. The van der Waals surface area contributed by atoms with Crippen molar-refractivity contribution in [1.82, 2.24) is 5.32 Å². The molecule has 0 aromatic heterocycles. The molecule has 0 spiro atoms. The molecule has 0 aliphatic heterocycles. The lowest BCUT2D eigenvalue weighted by molar-refractivity contribution is -0.138. The molecular formula is C9H17N3O4S. The van der Waals surface area contributed by atoms with Crippen molar-refractivity contribution >= 4 is 30.3 Å². The lowest BCUT2D eigenvalue weighted by Gasteiger charge is -2.13. The molecular weight excluding hydrogens is 246 g/mol. The van der Waals surface area contributed by atoms with Crippen LogP contribution in [0, 0.1) is 0 Å². The van der Waals surface area contributed by atoms with Gasteiger partial charge in [0.2, 0.25) is 5.91 Å². The minimum absolute atomic E-state index is 0.0296. The quantitative estimate of drug-likeness (QED) is 0.309. The number of amides is 1. The summed E-state index contributed by atoms with van der Waals surface area (Å²) in [5.41, 5.74) is 10.4. The van der Waals surface area contributed by atoms with Crippen molar-refractivity contribution in [3.05, 3.63) is 0 Å². The number of Topliss-reactive ketones (excluding diaryl/α,β-unsaturated/α-hetero) is 1. The van der Waals surface area contributed by atoms with Gasteiger partial charge in [-0.3, -0.25) is 19.7 Å². The maximum atomic E-state index is 11.4. The van der Waals surface area contributed by atoms with Crippen LogP contribution in [0.4, 0.5) is 0 Å². The molecule has 0 aromatic rings. The molecule has 0 rings (SSSR count). The Kier molecular flexibility index (Phi) is 7.51. The van der Waals surface area contributed by atoms with Crippen molar-refractivity contribution < 1.29 is 19.5 Å². The monoisotopic (exact) mass is 263 g/mol. The van der Waals surface area contributed by atoms with E-state index in [1.807, 2.05) is 0 Å². The van der Waals surface area contributed by atoms with E-state index in [9.17, 15) is 14.4 Å². The normalized spacial score (nSPS) is 14.0. The van der Waals surface area contributed by atoms with Crippen molar-refractivity contribution in [3.8, 4) is 0 Å². The summed E-state index contributed by atoms with van der Waals surface area (Å²) in [5.74, 6) is -1.91. The van der Waals surface area contributed by atoms with Crippen LogP contribution in [-0.4, -0.2) is 47.1 Å². The Morgan fingerprint density at radius 1 is 1.35 bits per heavy atom. The summed E-state index contributed by atoms with van der Waals surface area (Å²) in [5, 5.41) is 11.2. The first-order chi connectivity index (χ1) is 7.88. The number of carbonyl (C=O) groups excluding carboxylic acids is 2. The highest BCUT2D eigenvalue weighted by Crippen LogP contribution is 1.96. The van der Waals surface area contributed by atoms with E-state index in [4.69, 9.17) is 16.6 Å². The second-order valence-electron chi connectivity index (χ2n) is 3.53. The van der Waals surface area contributed by atoms with Crippen molar-refractivity contribution in [2.45, 2.75) is 24.9 Å². The van der Waals surface area contributed by atoms with Gasteiger partial charge in [0.1, 0.15) is 6.04 Å². The molecule has 0 fully saturated rings. The number of hydrogen-bond acceptors (Lipinski definition) is 6. The van der Waals surface area contributed by atoms with Gasteiger partial charge in [-0.25, -0.2) is 0 Å². The first kappa shape index (κ1) is 15.9. The number of aliphatic carboxylic acids is 1. The second-order valence-corrected chi connectivity index (χ2v) is 3.90. The fraction of sp³-hybridized carbons (Fsp3) is 0.667. The molecule has 7 nitrogen and oxygen atoms in total. The average molecular weight is 263 g/mol.